The Labute approximate surface area is 134 Å². The summed E-state index contributed by atoms with van der Waals surface area (Å²) in [4.78, 5) is 21.5. The number of esters is 1. The highest BCUT2D eigenvalue weighted by molar-refractivity contribution is 5.80. The van der Waals surface area contributed by atoms with E-state index in [0.29, 0.717) is 12.2 Å². The number of hydrogen-bond donors (Lipinski definition) is 0. The van der Waals surface area contributed by atoms with Gasteiger partial charge in [0.25, 0.3) is 5.69 Å². The third-order valence-electron chi connectivity index (χ3n) is 3.32. The number of non-ortho nitro benzene ring substituents is 1. The van der Waals surface area contributed by atoms with Gasteiger partial charge in [0.15, 0.2) is 0 Å². The van der Waals surface area contributed by atoms with Crippen molar-refractivity contribution >= 4 is 23.3 Å². The van der Waals surface area contributed by atoms with Crippen molar-refractivity contribution in [3.63, 3.8) is 0 Å². The van der Waals surface area contributed by atoms with Gasteiger partial charge in [-0.2, -0.15) is 0 Å². The fourth-order valence-corrected chi connectivity index (χ4v) is 2.02. The van der Waals surface area contributed by atoms with Crippen molar-refractivity contribution in [2.45, 2.75) is 20.3 Å². The van der Waals surface area contributed by atoms with Crippen LogP contribution < -0.4 is 4.74 Å². The van der Waals surface area contributed by atoms with Crippen LogP contribution in [0.25, 0.3) is 11.6 Å². The molecule has 0 spiro atoms. The van der Waals surface area contributed by atoms with Crippen LogP contribution in [0.1, 0.15) is 31.4 Å². The first kappa shape index (κ1) is 16.4. The normalized spacial score (nSPS) is 11.1. The molecule has 2 aromatic carbocycles. The van der Waals surface area contributed by atoms with E-state index in [2.05, 4.69) is 0 Å². The summed E-state index contributed by atoms with van der Waals surface area (Å²) in [5, 5.41) is 10.6. The Bertz CT molecular complexity index is 731. The van der Waals surface area contributed by atoms with Gasteiger partial charge >= 0.3 is 5.97 Å². The van der Waals surface area contributed by atoms with Crippen LogP contribution in [0.15, 0.2) is 48.5 Å². The molecule has 0 unspecified atom stereocenters. The van der Waals surface area contributed by atoms with Crippen LogP contribution in [-0.2, 0) is 4.79 Å². The van der Waals surface area contributed by atoms with Gasteiger partial charge in [-0.25, -0.2) is 0 Å². The lowest BCUT2D eigenvalue weighted by Crippen LogP contribution is -2.05. The van der Waals surface area contributed by atoms with Crippen molar-refractivity contribution in [3.05, 3.63) is 69.8 Å². The number of nitrogens with zero attached hydrogens (tertiary/aromatic N) is 1. The van der Waals surface area contributed by atoms with Gasteiger partial charge in [0.2, 0.25) is 0 Å². The smallest absolute Gasteiger partial charge is 0.310 e. The van der Waals surface area contributed by atoms with Gasteiger partial charge < -0.3 is 4.74 Å². The van der Waals surface area contributed by atoms with E-state index in [4.69, 9.17) is 4.74 Å². The van der Waals surface area contributed by atoms with Gasteiger partial charge in [-0.15, -0.1) is 0 Å². The van der Waals surface area contributed by atoms with E-state index in [9.17, 15) is 14.9 Å². The number of allylic oxidation sites excluding steroid dienone is 1. The van der Waals surface area contributed by atoms with Crippen LogP contribution in [0.4, 0.5) is 5.69 Å². The summed E-state index contributed by atoms with van der Waals surface area (Å²) in [6.07, 6.45) is 2.28. The molecule has 0 heterocycles. The van der Waals surface area contributed by atoms with Crippen LogP contribution in [0.3, 0.4) is 0 Å². The third kappa shape index (κ3) is 4.51. The molecule has 23 heavy (non-hydrogen) atoms. The molecule has 0 aromatic heterocycles. The lowest BCUT2D eigenvalue weighted by Gasteiger charge is -2.05. The molecule has 0 fully saturated rings. The number of hydrogen-bond acceptors (Lipinski definition) is 4. The van der Waals surface area contributed by atoms with Gasteiger partial charge in [-0.3, -0.25) is 14.9 Å². The van der Waals surface area contributed by atoms with Crippen LogP contribution in [0.2, 0.25) is 0 Å². The largest absolute Gasteiger partial charge is 0.427 e. The van der Waals surface area contributed by atoms with Crippen molar-refractivity contribution in [2.24, 2.45) is 0 Å². The minimum atomic E-state index is -0.420. The van der Waals surface area contributed by atoms with Gasteiger partial charge in [0.05, 0.1) is 4.92 Å². The molecule has 0 saturated carbocycles. The second kappa shape index (κ2) is 7.35. The van der Waals surface area contributed by atoms with Crippen LogP contribution >= 0.6 is 0 Å². The van der Waals surface area contributed by atoms with Gasteiger partial charge in [0, 0.05) is 18.6 Å². The average molecular weight is 311 g/mol. The predicted molar refractivity (Wildman–Crippen MR) is 89.0 cm³/mol. The Morgan fingerprint density at radius 2 is 1.74 bits per heavy atom. The number of nitro groups is 1. The van der Waals surface area contributed by atoms with Crippen molar-refractivity contribution in [1.29, 1.82) is 0 Å². The summed E-state index contributed by atoms with van der Waals surface area (Å²) >= 11 is 0. The minimum Gasteiger partial charge on any atom is -0.427 e. The second-order valence-electron chi connectivity index (χ2n) is 5.03. The number of rotatable bonds is 5. The molecule has 0 radical (unpaired) electrons. The molecule has 0 N–H and O–H groups in total. The zero-order valence-corrected chi connectivity index (χ0v) is 13.0. The molecule has 0 saturated heterocycles. The maximum Gasteiger partial charge on any atom is 0.310 e. The molecular weight excluding hydrogens is 294 g/mol. The Balaban J connectivity index is 2.14. The molecule has 0 aliphatic carbocycles. The first-order valence-electron chi connectivity index (χ1n) is 7.23. The molecule has 0 aliphatic heterocycles. The highest BCUT2D eigenvalue weighted by Gasteiger charge is 2.04. The second-order valence-corrected chi connectivity index (χ2v) is 5.03. The molecule has 5 nitrogen and oxygen atoms in total. The lowest BCUT2D eigenvalue weighted by molar-refractivity contribution is -0.384. The van der Waals surface area contributed by atoms with E-state index < -0.39 is 4.92 Å². The van der Waals surface area contributed by atoms with Crippen LogP contribution in [0.5, 0.6) is 5.75 Å². The van der Waals surface area contributed by atoms with E-state index in [-0.39, 0.29) is 11.7 Å². The quantitative estimate of drug-likeness (QED) is 0.268. The maximum absolute atomic E-state index is 11.2. The van der Waals surface area contributed by atoms with Crippen molar-refractivity contribution in [1.82, 2.24) is 0 Å². The zero-order valence-electron chi connectivity index (χ0n) is 13.0. The van der Waals surface area contributed by atoms with Crippen LogP contribution in [0, 0.1) is 10.1 Å². The van der Waals surface area contributed by atoms with Crippen LogP contribution in [-0.4, -0.2) is 10.9 Å². The topological polar surface area (TPSA) is 69.4 Å². The average Bonchev–Trinajstić information content (AvgIpc) is 2.55. The highest BCUT2D eigenvalue weighted by Crippen LogP contribution is 2.22. The van der Waals surface area contributed by atoms with Gasteiger partial charge in [-0.05, 0) is 47.9 Å². The highest BCUT2D eigenvalue weighted by atomic mass is 16.6. The van der Waals surface area contributed by atoms with Crippen molar-refractivity contribution < 1.29 is 14.5 Å². The van der Waals surface area contributed by atoms with E-state index >= 15 is 0 Å². The van der Waals surface area contributed by atoms with Gasteiger partial charge in [0.1, 0.15) is 5.75 Å². The fourth-order valence-electron chi connectivity index (χ4n) is 2.02. The SMILES string of the molecule is CCC(=O)Oc1ccc(/C(C)=C/c2ccc([N+](=O)[O-])cc2)cc1. The monoisotopic (exact) mass is 311 g/mol. The first-order valence-corrected chi connectivity index (χ1v) is 7.23. The van der Waals surface area contributed by atoms with E-state index in [1.807, 2.05) is 25.1 Å². The van der Waals surface area contributed by atoms with Crippen molar-refractivity contribution in [2.75, 3.05) is 0 Å². The molecular formula is C18H17NO4. The summed E-state index contributed by atoms with van der Waals surface area (Å²) in [6, 6.07) is 13.6. The summed E-state index contributed by atoms with van der Waals surface area (Å²) in [5.41, 5.74) is 2.95. The van der Waals surface area contributed by atoms with E-state index in [0.717, 1.165) is 16.7 Å². The molecule has 0 atom stereocenters. The summed E-state index contributed by atoms with van der Waals surface area (Å²) in [5.74, 6) is 0.250. The van der Waals surface area contributed by atoms with Gasteiger partial charge in [-0.1, -0.05) is 25.1 Å². The number of ether oxygens (including phenoxy) is 1. The Morgan fingerprint density at radius 1 is 1.13 bits per heavy atom. The molecule has 5 heteroatoms. The number of benzene rings is 2. The van der Waals surface area contributed by atoms with Crippen molar-refractivity contribution in [3.8, 4) is 5.75 Å². The Hall–Kier alpha value is -2.95. The molecule has 2 rings (SSSR count). The molecule has 0 aliphatic rings. The Morgan fingerprint density at radius 3 is 2.26 bits per heavy atom. The first-order chi connectivity index (χ1) is 11.0. The molecule has 118 valence electrons. The van der Waals surface area contributed by atoms with E-state index in [1.165, 1.54) is 12.1 Å². The molecule has 0 bridgehead atoms. The molecule has 0 amide bonds. The standard InChI is InChI=1S/C18H17NO4/c1-3-18(20)23-17-10-6-15(7-11-17)13(2)12-14-4-8-16(9-5-14)19(21)22/h4-12H,3H2,1-2H3/b13-12+. The predicted octanol–water partition coefficient (Wildman–Crippen LogP) is 4.47. The maximum atomic E-state index is 11.2. The Kier molecular flexibility index (Phi) is 5.25. The lowest BCUT2D eigenvalue weighted by atomic mass is 10.0. The number of carbonyl (C=O) groups excluding carboxylic acids is 1. The molecule has 2 aromatic rings. The number of carbonyl (C=O) groups is 1. The summed E-state index contributed by atoms with van der Waals surface area (Å²) in [6.45, 7) is 3.70. The zero-order chi connectivity index (χ0) is 16.8. The minimum absolute atomic E-state index is 0.0712. The third-order valence-corrected chi connectivity index (χ3v) is 3.32. The summed E-state index contributed by atoms with van der Waals surface area (Å²) in [7, 11) is 0. The van der Waals surface area contributed by atoms with E-state index in [1.54, 1.807) is 31.2 Å². The number of nitro benzene ring substituents is 1. The summed E-state index contributed by atoms with van der Waals surface area (Å²) < 4.78 is 5.13. The fraction of sp³-hybridized carbons (Fsp3) is 0.167.